The zero-order valence-electron chi connectivity index (χ0n) is 10.8. The summed E-state index contributed by atoms with van der Waals surface area (Å²) < 4.78 is 0. The number of amides is 1. The topological polar surface area (TPSA) is 69.2 Å². The normalized spacial score (nSPS) is 10.4. The smallest absolute Gasteiger partial charge is 0.223 e. The third-order valence-electron chi connectivity index (χ3n) is 2.97. The van der Waals surface area contributed by atoms with Gasteiger partial charge < -0.3 is 15.0 Å². The molecule has 1 aromatic carbocycles. The summed E-state index contributed by atoms with van der Waals surface area (Å²) in [6.07, 6.45) is 4.30. The lowest BCUT2D eigenvalue weighted by Gasteiger charge is -2.15. The highest BCUT2D eigenvalue weighted by Crippen LogP contribution is 2.17. The largest absolute Gasteiger partial charge is 0.508 e. The minimum absolute atomic E-state index is 0.0275. The number of aromatic hydroxyl groups is 1. The lowest BCUT2D eigenvalue weighted by molar-refractivity contribution is -0.130. The number of nitrogens with zero attached hydrogens (tertiary/aromatic N) is 2. The van der Waals surface area contributed by atoms with Crippen LogP contribution < -0.4 is 0 Å². The number of hydrogen-bond donors (Lipinski definition) is 2. The molecule has 0 aliphatic rings. The van der Waals surface area contributed by atoms with E-state index in [0.717, 1.165) is 11.4 Å². The Morgan fingerprint density at radius 1 is 1.42 bits per heavy atom. The van der Waals surface area contributed by atoms with E-state index in [2.05, 4.69) is 9.97 Å². The molecule has 2 aromatic rings. The molecule has 19 heavy (non-hydrogen) atoms. The Labute approximate surface area is 111 Å². The number of aromatic amines is 1. The molecule has 0 aliphatic heterocycles. The van der Waals surface area contributed by atoms with Gasteiger partial charge in [-0.05, 0) is 18.1 Å². The van der Waals surface area contributed by atoms with E-state index in [1.165, 1.54) is 0 Å². The van der Waals surface area contributed by atoms with Crippen LogP contribution >= 0.6 is 0 Å². The van der Waals surface area contributed by atoms with Crippen LogP contribution in [0.2, 0.25) is 0 Å². The van der Waals surface area contributed by atoms with Gasteiger partial charge in [0.2, 0.25) is 5.91 Å². The predicted octanol–water partition coefficient (Wildman–Crippen LogP) is 1.71. The minimum Gasteiger partial charge on any atom is -0.508 e. The van der Waals surface area contributed by atoms with Gasteiger partial charge in [-0.2, -0.15) is 0 Å². The Morgan fingerprint density at radius 3 is 2.89 bits per heavy atom. The number of phenols is 1. The Hall–Kier alpha value is -2.30. The van der Waals surface area contributed by atoms with Gasteiger partial charge in [-0.1, -0.05) is 18.2 Å². The molecule has 0 atom stereocenters. The number of aryl methyl sites for hydroxylation is 1. The number of aromatic nitrogens is 2. The molecule has 5 nitrogen and oxygen atoms in total. The number of hydrogen-bond acceptors (Lipinski definition) is 3. The molecular weight excluding hydrogens is 242 g/mol. The van der Waals surface area contributed by atoms with Crippen LogP contribution in [-0.2, 0) is 17.8 Å². The van der Waals surface area contributed by atoms with Crippen molar-refractivity contribution >= 4 is 5.91 Å². The maximum Gasteiger partial charge on any atom is 0.223 e. The monoisotopic (exact) mass is 259 g/mol. The average Bonchev–Trinajstić information content (AvgIpc) is 2.90. The van der Waals surface area contributed by atoms with Crippen molar-refractivity contribution in [2.75, 3.05) is 7.05 Å². The van der Waals surface area contributed by atoms with Gasteiger partial charge in [0, 0.05) is 25.9 Å². The van der Waals surface area contributed by atoms with E-state index < -0.39 is 0 Å². The zero-order valence-corrected chi connectivity index (χ0v) is 10.8. The van der Waals surface area contributed by atoms with Crippen LogP contribution in [0.1, 0.15) is 17.8 Å². The third-order valence-corrected chi connectivity index (χ3v) is 2.97. The molecule has 0 bridgehead atoms. The first-order valence-electron chi connectivity index (χ1n) is 6.16. The van der Waals surface area contributed by atoms with Crippen molar-refractivity contribution in [1.82, 2.24) is 14.9 Å². The number of carbonyl (C=O) groups is 1. The maximum atomic E-state index is 12.0. The van der Waals surface area contributed by atoms with Gasteiger partial charge in [-0.3, -0.25) is 4.79 Å². The van der Waals surface area contributed by atoms with Crippen molar-refractivity contribution in [2.45, 2.75) is 19.4 Å². The van der Waals surface area contributed by atoms with Crippen LogP contribution in [0, 0.1) is 0 Å². The molecule has 1 heterocycles. The molecule has 1 aromatic heterocycles. The lowest BCUT2D eigenvalue weighted by atomic mass is 10.1. The standard InChI is InChI=1S/C14H17N3O2/c1-17(10-13-15-8-9-16-13)14(19)7-6-11-4-2-3-5-12(11)18/h2-5,8-9,18H,6-7,10H2,1H3,(H,15,16). The van der Waals surface area contributed by atoms with Gasteiger partial charge in [-0.25, -0.2) is 4.98 Å². The molecule has 5 heteroatoms. The lowest BCUT2D eigenvalue weighted by Crippen LogP contribution is -2.26. The highest BCUT2D eigenvalue weighted by Gasteiger charge is 2.11. The van der Waals surface area contributed by atoms with Crippen molar-refractivity contribution in [3.63, 3.8) is 0 Å². The molecule has 0 spiro atoms. The van der Waals surface area contributed by atoms with E-state index in [0.29, 0.717) is 19.4 Å². The Bertz CT molecular complexity index is 537. The van der Waals surface area contributed by atoms with E-state index in [-0.39, 0.29) is 11.7 Å². The first kappa shape index (κ1) is 13.1. The summed E-state index contributed by atoms with van der Waals surface area (Å²) in [5.41, 5.74) is 0.794. The van der Waals surface area contributed by atoms with E-state index >= 15 is 0 Å². The maximum absolute atomic E-state index is 12.0. The van der Waals surface area contributed by atoms with Crippen molar-refractivity contribution in [2.24, 2.45) is 0 Å². The fraction of sp³-hybridized carbons (Fsp3) is 0.286. The van der Waals surface area contributed by atoms with Crippen molar-refractivity contribution < 1.29 is 9.90 Å². The number of H-pyrrole nitrogens is 1. The second-order valence-electron chi connectivity index (χ2n) is 4.41. The van der Waals surface area contributed by atoms with Crippen LogP contribution in [-0.4, -0.2) is 32.9 Å². The van der Waals surface area contributed by atoms with Gasteiger partial charge >= 0.3 is 0 Å². The van der Waals surface area contributed by atoms with Gasteiger partial charge in [0.05, 0.1) is 6.54 Å². The molecule has 0 saturated carbocycles. The van der Waals surface area contributed by atoms with Gasteiger partial charge in [0.1, 0.15) is 11.6 Å². The summed E-state index contributed by atoms with van der Waals surface area (Å²) >= 11 is 0. The van der Waals surface area contributed by atoms with Gasteiger partial charge in [0.25, 0.3) is 0 Å². The molecule has 2 rings (SSSR count). The van der Waals surface area contributed by atoms with Gasteiger partial charge in [-0.15, -0.1) is 0 Å². The van der Waals surface area contributed by atoms with Crippen molar-refractivity contribution in [3.05, 3.63) is 48.0 Å². The number of para-hydroxylation sites is 1. The summed E-state index contributed by atoms with van der Waals surface area (Å²) in [6.45, 7) is 0.465. The van der Waals surface area contributed by atoms with E-state index in [4.69, 9.17) is 0 Å². The Morgan fingerprint density at radius 2 is 2.21 bits per heavy atom. The quantitative estimate of drug-likeness (QED) is 0.858. The highest BCUT2D eigenvalue weighted by molar-refractivity contribution is 5.76. The van der Waals surface area contributed by atoms with Crippen LogP contribution in [0.4, 0.5) is 0 Å². The first-order chi connectivity index (χ1) is 9.16. The summed E-state index contributed by atoms with van der Waals surface area (Å²) in [5, 5.41) is 9.63. The van der Waals surface area contributed by atoms with Crippen LogP contribution in [0.25, 0.3) is 0 Å². The number of carbonyl (C=O) groups excluding carboxylic acids is 1. The molecule has 100 valence electrons. The fourth-order valence-electron chi connectivity index (χ4n) is 1.85. The summed E-state index contributed by atoms with van der Waals surface area (Å²) in [4.78, 5) is 20.6. The molecule has 0 radical (unpaired) electrons. The number of phenolic OH excluding ortho intramolecular Hbond substituents is 1. The molecule has 1 amide bonds. The minimum atomic E-state index is 0.0275. The van der Waals surface area contributed by atoms with E-state index in [9.17, 15) is 9.90 Å². The fourth-order valence-corrected chi connectivity index (χ4v) is 1.85. The summed E-state index contributed by atoms with van der Waals surface area (Å²) in [6, 6.07) is 7.08. The summed E-state index contributed by atoms with van der Waals surface area (Å²) in [7, 11) is 1.75. The molecule has 0 unspecified atom stereocenters. The van der Waals surface area contributed by atoms with Gasteiger partial charge in [0.15, 0.2) is 0 Å². The van der Waals surface area contributed by atoms with Crippen molar-refractivity contribution in [1.29, 1.82) is 0 Å². The van der Waals surface area contributed by atoms with Crippen LogP contribution in [0.15, 0.2) is 36.7 Å². The predicted molar refractivity (Wildman–Crippen MR) is 71.5 cm³/mol. The first-order valence-corrected chi connectivity index (χ1v) is 6.16. The second-order valence-corrected chi connectivity index (χ2v) is 4.41. The average molecular weight is 259 g/mol. The van der Waals surface area contributed by atoms with E-state index in [1.54, 1.807) is 36.5 Å². The number of imidazole rings is 1. The molecule has 0 fully saturated rings. The Balaban J connectivity index is 1.86. The Kier molecular flexibility index (Phi) is 4.18. The van der Waals surface area contributed by atoms with Crippen LogP contribution in [0.3, 0.4) is 0 Å². The third kappa shape index (κ3) is 3.58. The SMILES string of the molecule is CN(Cc1ncc[nH]1)C(=O)CCc1ccccc1O. The number of nitrogens with one attached hydrogen (secondary N) is 1. The molecule has 0 saturated heterocycles. The zero-order chi connectivity index (χ0) is 13.7. The summed E-state index contributed by atoms with van der Waals surface area (Å²) in [5.74, 6) is 1.03. The molecule has 0 aliphatic carbocycles. The number of rotatable bonds is 5. The second kappa shape index (κ2) is 6.04. The highest BCUT2D eigenvalue weighted by atomic mass is 16.3. The van der Waals surface area contributed by atoms with E-state index in [1.807, 2.05) is 12.1 Å². The number of benzene rings is 1. The van der Waals surface area contributed by atoms with Crippen molar-refractivity contribution in [3.8, 4) is 5.75 Å². The molecule has 2 N–H and O–H groups in total. The van der Waals surface area contributed by atoms with Crippen LogP contribution in [0.5, 0.6) is 5.75 Å². The molecular formula is C14H17N3O2.